The van der Waals surface area contributed by atoms with E-state index in [-0.39, 0.29) is 55.9 Å². The average Bonchev–Trinajstić information content (AvgIpc) is 3.44. The summed E-state index contributed by atoms with van der Waals surface area (Å²) in [6.07, 6.45) is 1.16. The molecule has 2 aromatic carbocycles. The van der Waals surface area contributed by atoms with Crippen molar-refractivity contribution in [2.45, 2.75) is 51.2 Å². The van der Waals surface area contributed by atoms with Crippen molar-refractivity contribution in [2.75, 3.05) is 33.3 Å². The topological polar surface area (TPSA) is 146 Å². The van der Waals surface area contributed by atoms with Gasteiger partial charge >= 0.3 is 0 Å². The van der Waals surface area contributed by atoms with Crippen LogP contribution in [0.1, 0.15) is 42.6 Å². The molecule has 2 fully saturated rings. The van der Waals surface area contributed by atoms with E-state index in [1.807, 2.05) is 32.0 Å². The predicted molar refractivity (Wildman–Crippen MR) is 156 cm³/mol. The summed E-state index contributed by atoms with van der Waals surface area (Å²) in [5, 5.41) is 8.48. The molecule has 0 aromatic heterocycles. The van der Waals surface area contributed by atoms with Gasteiger partial charge in [-0.3, -0.25) is 24.0 Å². The van der Waals surface area contributed by atoms with Crippen molar-refractivity contribution in [3.05, 3.63) is 53.6 Å². The molecule has 3 aliphatic rings. The van der Waals surface area contributed by atoms with Gasteiger partial charge in [-0.25, -0.2) is 0 Å². The Balaban J connectivity index is 1.47. The van der Waals surface area contributed by atoms with Crippen molar-refractivity contribution >= 4 is 29.5 Å². The van der Waals surface area contributed by atoms with Crippen molar-refractivity contribution in [1.29, 1.82) is 0 Å². The maximum atomic E-state index is 14.0. The van der Waals surface area contributed by atoms with Crippen molar-refractivity contribution < 1.29 is 33.4 Å². The molecular formula is C31H37N5O7. The number of hydrogen-bond acceptors (Lipinski definition) is 7. The van der Waals surface area contributed by atoms with Crippen molar-refractivity contribution in [1.82, 2.24) is 25.8 Å². The summed E-state index contributed by atoms with van der Waals surface area (Å²) in [4.78, 5) is 69.0. The zero-order valence-electron chi connectivity index (χ0n) is 24.6. The number of carbonyl (C=O) groups is 5. The quantitative estimate of drug-likeness (QED) is 0.487. The SMILES string of the molecule is COc1ccc2cc1Oc1cccc(c1)CCNC(=O)[C@H]1CN(C(=O)[C@H]3CCC(=O)N3)CCN1C(=O)[C@@H](C(C)C)NC2=O. The summed E-state index contributed by atoms with van der Waals surface area (Å²) in [5.74, 6) is -0.725. The van der Waals surface area contributed by atoms with E-state index in [1.54, 1.807) is 24.3 Å². The fourth-order valence-electron chi connectivity index (χ4n) is 5.64. The molecule has 43 heavy (non-hydrogen) atoms. The van der Waals surface area contributed by atoms with Gasteiger partial charge in [-0.2, -0.15) is 0 Å². The first-order chi connectivity index (χ1) is 20.6. The maximum Gasteiger partial charge on any atom is 0.252 e. The number of amides is 5. The Morgan fingerprint density at radius 3 is 2.56 bits per heavy atom. The molecule has 3 atom stereocenters. The Labute approximate surface area is 250 Å². The number of nitrogens with zero attached hydrogens (tertiary/aromatic N) is 2. The third-order valence-electron chi connectivity index (χ3n) is 8.06. The van der Waals surface area contributed by atoms with Crippen LogP contribution in [-0.2, 0) is 25.6 Å². The lowest BCUT2D eigenvalue weighted by molar-refractivity contribution is -0.150. The second-order valence-electron chi connectivity index (χ2n) is 11.3. The molecule has 3 N–H and O–H groups in total. The first kappa shape index (κ1) is 29.9. The summed E-state index contributed by atoms with van der Waals surface area (Å²) < 4.78 is 11.6. The highest BCUT2D eigenvalue weighted by molar-refractivity contribution is 5.99. The number of fused-ring (bicyclic) bond motifs is 5. The van der Waals surface area contributed by atoms with Gasteiger partial charge < -0.3 is 35.2 Å². The Bertz CT molecular complexity index is 1430. The van der Waals surface area contributed by atoms with E-state index >= 15 is 0 Å². The molecule has 12 heteroatoms. The minimum atomic E-state index is -0.974. The molecular weight excluding hydrogens is 554 g/mol. The van der Waals surface area contributed by atoms with Crippen LogP contribution in [0.25, 0.3) is 0 Å². The number of rotatable bonds is 3. The summed E-state index contributed by atoms with van der Waals surface area (Å²) in [7, 11) is 1.51. The van der Waals surface area contributed by atoms with Crippen LogP contribution in [0.2, 0.25) is 0 Å². The molecule has 0 spiro atoms. The van der Waals surface area contributed by atoms with Gasteiger partial charge in [0.1, 0.15) is 23.9 Å². The van der Waals surface area contributed by atoms with Gasteiger partial charge in [-0.15, -0.1) is 0 Å². The highest BCUT2D eigenvalue weighted by Crippen LogP contribution is 2.33. The number of methoxy groups -OCH3 is 1. The van der Waals surface area contributed by atoms with Crippen LogP contribution in [0.4, 0.5) is 0 Å². The van der Waals surface area contributed by atoms with E-state index in [2.05, 4.69) is 16.0 Å². The lowest BCUT2D eigenvalue weighted by Gasteiger charge is -2.43. The van der Waals surface area contributed by atoms with Crippen LogP contribution in [0, 0.1) is 5.92 Å². The van der Waals surface area contributed by atoms with E-state index in [4.69, 9.17) is 9.47 Å². The van der Waals surface area contributed by atoms with E-state index in [0.717, 1.165) is 5.56 Å². The summed E-state index contributed by atoms with van der Waals surface area (Å²) in [6.45, 7) is 4.20. The molecule has 0 radical (unpaired) electrons. The molecule has 4 bridgehead atoms. The Kier molecular flexibility index (Phi) is 8.84. The van der Waals surface area contributed by atoms with Crippen molar-refractivity contribution in [2.24, 2.45) is 5.92 Å². The molecule has 228 valence electrons. The number of ether oxygens (including phenoxy) is 2. The molecule has 12 nitrogen and oxygen atoms in total. The van der Waals surface area contributed by atoms with Crippen molar-refractivity contribution in [3.8, 4) is 17.2 Å². The average molecular weight is 592 g/mol. The zero-order valence-corrected chi connectivity index (χ0v) is 24.6. The summed E-state index contributed by atoms with van der Waals surface area (Å²) in [6, 6.07) is 9.63. The van der Waals surface area contributed by atoms with Gasteiger partial charge in [-0.05, 0) is 54.7 Å². The summed E-state index contributed by atoms with van der Waals surface area (Å²) >= 11 is 0. The highest BCUT2D eigenvalue weighted by atomic mass is 16.5. The Morgan fingerprint density at radius 2 is 1.84 bits per heavy atom. The van der Waals surface area contributed by atoms with Crippen LogP contribution in [0.5, 0.6) is 17.2 Å². The number of hydrogen-bond donors (Lipinski definition) is 3. The van der Waals surface area contributed by atoms with E-state index in [1.165, 1.54) is 16.9 Å². The van der Waals surface area contributed by atoms with E-state index in [0.29, 0.717) is 30.1 Å². The largest absolute Gasteiger partial charge is 0.493 e. The fourth-order valence-corrected chi connectivity index (χ4v) is 5.64. The lowest BCUT2D eigenvalue weighted by atomic mass is 9.99. The first-order valence-corrected chi connectivity index (χ1v) is 14.6. The van der Waals surface area contributed by atoms with Gasteiger partial charge in [0.25, 0.3) is 5.91 Å². The molecule has 5 rings (SSSR count). The summed E-state index contributed by atoms with van der Waals surface area (Å²) in [5.41, 5.74) is 1.18. The Hall–Kier alpha value is -4.61. The third-order valence-corrected chi connectivity index (χ3v) is 8.06. The highest BCUT2D eigenvalue weighted by Gasteiger charge is 2.42. The number of piperazine rings is 1. The van der Waals surface area contributed by atoms with Gasteiger partial charge in [-0.1, -0.05) is 26.0 Å². The molecule has 2 aromatic rings. The molecule has 0 unspecified atom stereocenters. The molecule has 0 aliphatic carbocycles. The minimum absolute atomic E-state index is 0.0211. The van der Waals surface area contributed by atoms with Gasteiger partial charge in [0.15, 0.2) is 11.5 Å². The second-order valence-corrected chi connectivity index (χ2v) is 11.3. The van der Waals surface area contributed by atoms with Crippen LogP contribution >= 0.6 is 0 Å². The standard InChI is InChI=1S/C31H37N5O7/c1-18(2)27-31(41)36-14-13-35(30(40)22-8-10-26(37)33-22)17-23(36)29(39)32-12-11-19-5-4-6-21(15-19)43-25-16-20(28(38)34-27)7-9-24(25)42-3/h4-7,9,15-16,18,22-23,27H,8,10-14,17H2,1-3H3,(H,32,39)(H,33,37)(H,34,38)/t22-,23-,27-/m1/s1. The number of nitrogens with one attached hydrogen (secondary N) is 3. The maximum absolute atomic E-state index is 14.0. The Morgan fingerprint density at radius 1 is 1.02 bits per heavy atom. The van der Waals surface area contributed by atoms with Gasteiger partial charge in [0.05, 0.1) is 13.7 Å². The molecule has 3 heterocycles. The van der Waals surface area contributed by atoms with Crippen LogP contribution in [0.15, 0.2) is 42.5 Å². The monoisotopic (exact) mass is 591 g/mol. The van der Waals surface area contributed by atoms with E-state index < -0.39 is 35.8 Å². The van der Waals surface area contributed by atoms with Gasteiger partial charge in [0, 0.05) is 31.6 Å². The third kappa shape index (κ3) is 6.58. The molecule has 0 saturated carbocycles. The normalized spacial score (nSPS) is 23.0. The number of carbonyl (C=O) groups excluding carboxylic acids is 5. The van der Waals surface area contributed by atoms with E-state index in [9.17, 15) is 24.0 Å². The van der Waals surface area contributed by atoms with Crippen molar-refractivity contribution in [3.63, 3.8) is 0 Å². The van der Waals surface area contributed by atoms with Crippen LogP contribution < -0.4 is 25.4 Å². The number of benzene rings is 2. The lowest BCUT2D eigenvalue weighted by Crippen LogP contribution is -2.66. The second kappa shape index (κ2) is 12.7. The zero-order chi connectivity index (χ0) is 30.7. The smallest absolute Gasteiger partial charge is 0.252 e. The van der Waals surface area contributed by atoms with Crippen LogP contribution in [-0.4, -0.2) is 90.8 Å². The van der Waals surface area contributed by atoms with Gasteiger partial charge in [0.2, 0.25) is 23.6 Å². The van der Waals surface area contributed by atoms with Crippen LogP contribution in [0.3, 0.4) is 0 Å². The molecule has 2 saturated heterocycles. The fraction of sp³-hybridized carbons (Fsp3) is 0.452. The molecule has 3 aliphatic heterocycles. The predicted octanol–water partition coefficient (Wildman–Crippen LogP) is 1.23. The first-order valence-electron chi connectivity index (χ1n) is 14.6. The molecule has 5 amide bonds. The minimum Gasteiger partial charge on any atom is -0.493 e.